The van der Waals surface area contributed by atoms with Gasteiger partial charge >= 0.3 is 0 Å². The summed E-state index contributed by atoms with van der Waals surface area (Å²) in [6.45, 7) is 4.40. The van der Waals surface area contributed by atoms with Gasteiger partial charge in [-0.15, -0.1) is 11.3 Å². The van der Waals surface area contributed by atoms with E-state index in [1.807, 2.05) is 32.0 Å². The predicted octanol–water partition coefficient (Wildman–Crippen LogP) is 3.74. The molecule has 108 valence electrons. The van der Waals surface area contributed by atoms with E-state index >= 15 is 0 Å². The molecule has 0 fully saturated rings. The van der Waals surface area contributed by atoms with Crippen LogP contribution in [0.15, 0.2) is 35.2 Å². The van der Waals surface area contributed by atoms with Crippen LogP contribution in [0, 0.1) is 13.8 Å². The van der Waals surface area contributed by atoms with E-state index in [-0.39, 0.29) is 0 Å². The molecule has 1 N–H and O–H groups in total. The van der Waals surface area contributed by atoms with Crippen LogP contribution in [0.25, 0.3) is 0 Å². The highest BCUT2D eigenvalue weighted by Gasteiger charge is 2.14. The Morgan fingerprint density at radius 3 is 2.35 bits per heavy atom. The fraction of sp³-hybridized carbons (Fsp3) is 0.286. The number of hydrogen-bond acceptors (Lipinski definition) is 3. The average molecular weight is 374 g/mol. The monoisotopic (exact) mass is 373 g/mol. The van der Waals surface area contributed by atoms with Crippen molar-refractivity contribution in [2.45, 2.75) is 30.6 Å². The van der Waals surface area contributed by atoms with E-state index in [4.69, 9.17) is 0 Å². The van der Waals surface area contributed by atoms with E-state index in [0.29, 0.717) is 16.8 Å². The zero-order valence-electron chi connectivity index (χ0n) is 11.3. The normalized spacial score (nSPS) is 11.8. The first-order valence-electron chi connectivity index (χ1n) is 6.13. The minimum Gasteiger partial charge on any atom is -0.207 e. The van der Waals surface area contributed by atoms with Gasteiger partial charge in [-0.05, 0) is 43.2 Å². The molecule has 0 aliphatic rings. The van der Waals surface area contributed by atoms with Gasteiger partial charge in [0.2, 0.25) is 10.0 Å². The maximum atomic E-state index is 12.2. The van der Waals surface area contributed by atoms with Crippen molar-refractivity contribution in [2.24, 2.45) is 0 Å². The molecule has 2 aromatic rings. The highest BCUT2D eigenvalue weighted by Crippen LogP contribution is 2.21. The number of alkyl halides is 1. The summed E-state index contributed by atoms with van der Waals surface area (Å²) in [5.74, 6) is 0. The molecule has 2 rings (SSSR count). The van der Waals surface area contributed by atoms with Crippen molar-refractivity contribution < 1.29 is 8.42 Å². The third kappa shape index (κ3) is 3.69. The second-order valence-electron chi connectivity index (χ2n) is 4.55. The van der Waals surface area contributed by atoms with Gasteiger partial charge in [-0.1, -0.05) is 28.1 Å². The summed E-state index contributed by atoms with van der Waals surface area (Å²) < 4.78 is 27.0. The number of halogens is 1. The van der Waals surface area contributed by atoms with Gasteiger partial charge in [0.1, 0.15) is 0 Å². The number of sulfonamides is 1. The Morgan fingerprint density at radius 1 is 1.20 bits per heavy atom. The maximum Gasteiger partial charge on any atom is 0.240 e. The molecule has 1 aromatic carbocycles. The largest absolute Gasteiger partial charge is 0.240 e. The molecular weight excluding hydrogens is 358 g/mol. The Kier molecular flexibility index (Phi) is 5.01. The summed E-state index contributed by atoms with van der Waals surface area (Å²) in [5.41, 5.74) is 2.25. The summed E-state index contributed by atoms with van der Waals surface area (Å²) in [4.78, 5) is 2.55. The molecule has 0 spiro atoms. The van der Waals surface area contributed by atoms with Crippen molar-refractivity contribution in [3.8, 4) is 0 Å². The molecule has 0 atom stereocenters. The lowest BCUT2D eigenvalue weighted by atomic mass is 10.2. The van der Waals surface area contributed by atoms with Gasteiger partial charge in [-0.2, -0.15) is 0 Å². The Bertz CT molecular complexity index is 671. The lowest BCUT2D eigenvalue weighted by molar-refractivity contribution is 0.582. The van der Waals surface area contributed by atoms with Crippen molar-refractivity contribution in [3.05, 3.63) is 51.2 Å². The van der Waals surface area contributed by atoms with Crippen molar-refractivity contribution in [1.29, 1.82) is 0 Å². The molecule has 1 aromatic heterocycles. The highest BCUT2D eigenvalue weighted by atomic mass is 79.9. The van der Waals surface area contributed by atoms with Crippen LogP contribution >= 0.6 is 27.3 Å². The Hall–Kier alpha value is -0.690. The van der Waals surface area contributed by atoms with Gasteiger partial charge < -0.3 is 0 Å². The van der Waals surface area contributed by atoms with Gasteiger partial charge in [0.25, 0.3) is 0 Å². The maximum absolute atomic E-state index is 12.2. The van der Waals surface area contributed by atoms with E-state index < -0.39 is 10.0 Å². The molecule has 0 saturated carbocycles. The van der Waals surface area contributed by atoms with Gasteiger partial charge in [-0.3, -0.25) is 0 Å². The molecule has 0 amide bonds. The number of benzene rings is 1. The van der Waals surface area contributed by atoms with Crippen molar-refractivity contribution in [3.63, 3.8) is 0 Å². The number of aryl methyl sites for hydroxylation is 2. The summed E-state index contributed by atoms with van der Waals surface area (Å²) in [6, 6.07) is 8.90. The van der Waals surface area contributed by atoms with Crippen LogP contribution in [0.3, 0.4) is 0 Å². The van der Waals surface area contributed by atoms with Crippen LogP contribution in [0.5, 0.6) is 0 Å². The first-order valence-corrected chi connectivity index (χ1v) is 9.55. The SMILES string of the molecule is Cc1cc(CNS(=O)(=O)c2ccc(CBr)cc2)sc1C. The third-order valence-electron chi connectivity index (χ3n) is 3.04. The Labute approximate surface area is 132 Å². The molecule has 0 bridgehead atoms. The zero-order chi connectivity index (χ0) is 14.8. The molecule has 0 radical (unpaired) electrons. The second kappa shape index (κ2) is 6.39. The number of thiophene rings is 1. The van der Waals surface area contributed by atoms with Crippen LogP contribution < -0.4 is 4.72 Å². The minimum absolute atomic E-state index is 0.298. The average Bonchev–Trinajstić information content (AvgIpc) is 2.76. The van der Waals surface area contributed by atoms with E-state index in [0.717, 1.165) is 10.4 Å². The lowest BCUT2D eigenvalue weighted by Crippen LogP contribution is -2.22. The molecule has 0 saturated heterocycles. The van der Waals surface area contributed by atoms with Gasteiger partial charge in [0, 0.05) is 21.6 Å². The van der Waals surface area contributed by atoms with Crippen LogP contribution in [-0.4, -0.2) is 8.42 Å². The van der Waals surface area contributed by atoms with Crippen LogP contribution in [-0.2, 0) is 21.9 Å². The summed E-state index contributed by atoms with van der Waals surface area (Å²) >= 11 is 4.96. The summed E-state index contributed by atoms with van der Waals surface area (Å²) in [7, 11) is -3.45. The summed E-state index contributed by atoms with van der Waals surface area (Å²) in [6.07, 6.45) is 0. The quantitative estimate of drug-likeness (QED) is 0.811. The number of rotatable bonds is 5. The molecule has 0 unspecified atom stereocenters. The van der Waals surface area contributed by atoms with Gasteiger partial charge in [0.05, 0.1) is 4.90 Å². The fourth-order valence-electron chi connectivity index (χ4n) is 1.74. The fourth-order valence-corrected chi connectivity index (χ4v) is 4.21. The number of hydrogen-bond donors (Lipinski definition) is 1. The first kappa shape index (κ1) is 15.7. The second-order valence-corrected chi connectivity index (χ2v) is 8.22. The van der Waals surface area contributed by atoms with Crippen molar-refractivity contribution in [1.82, 2.24) is 4.72 Å². The van der Waals surface area contributed by atoms with Gasteiger partial charge in [0.15, 0.2) is 0 Å². The lowest BCUT2D eigenvalue weighted by Gasteiger charge is -2.06. The Balaban J connectivity index is 2.10. The first-order chi connectivity index (χ1) is 9.42. The molecule has 20 heavy (non-hydrogen) atoms. The van der Waals surface area contributed by atoms with Crippen LogP contribution in [0.4, 0.5) is 0 Å². The molecule has 3 nitrogen and oxygen atoms in total. The molecule has 0 aliphatic heterocycles. The van der Waals surface area contributed by atoms with E-state index in [1.165, 1.54) is 10.4 Å². The Morgan fingerprint density at radius 2 is 1.85 bits per heavy atom. The molecule has 1 heterocycles. The highest BCUT2D eigenvalue weighted by molar-refractivity contribution is 9.08. The third-order valence-corrected chi connectivity index (χ3v) is 6.26. The topological polar surface area (TPSA) is 46.2 Å². The number of nitrogens with one attached hydrogen (secondary N) is 1. The van der Waals surface area contributed by atoms with Crippen molar-refractivity contribution in [2.75, 3.05) is 0 Å². The summed E-state index contributed by atoms with van der Waals surface area (Å²) in [5, 5.41) is 0.717. The van der Waals surface area contributed by atoms with E-state index in [9.17, 15) is 8.42 Å². The van der Waals surface area contributed by atoms with Crippen LogP contribution in [0.2, 0.25) is 0 Å². The molecular formula is C14H16BrNO2S2. The van der Waals surface area contributed by atoms with Crippen molar-refractivity contribution >= 4 is 37.3 Å². The van der Waals surface area contributed by atoms with E-state index in [2.05, 4.69) is 20.7 Å². The standard InChI is InChI=1S/C14H16BrNO2S2/c1-10-7-13(19-11(10)2)9-16-20(17,18)14-5-3-12(8-15)4-6-14/h3-7,16H,8-9H2,1-2H3. The van der Waals surface area contributed by atoms with Crippen LogP contribution in [0.1, 0.15) is 20.9 Å². The zero-order valence-corrected chi connectivity index (χ0v) is 14.5. The smallest absolute Gasteiger partial charge is 0.207 e. The molecule has 0 aliphatic carbocycles. The predicted molar refractivity (Wildman–Crippen MR) is 86.9 cm³/mol. The minimum atomic E-state index is -3.45. The van der Waals surface area contributed by atoms with Gasteiger partial charge in [-0.25, -0.2) is 13.1 Å². The van der Waals surface area contributed by atoms with E-state index in [1.54, 1.807) is 23.5 Å². The molecule has 6 heteroatoms.